The molecule has 0 radical (unpaired) electrons. The quantitative estimate of drug-likeness (QED) is 0.755. The number of pyridine rings is 1. The van der Waals surface area contributed by atoms with Crippen molar-refractivity contribution in [1.29, 1.82) is 0 Å². The zero-order chi connectivity index (χ0) is 15.0. The van der Waals surface area contributed by atoms with Gasteiger partial charge in [0.15, 0.2) is 0 Å². The molecule has 0 atom stereocenters. The van der Waals surface area contributed by atoms with Gasteiger partial charge in [0.1, 0.15) is 11.6 Å². The molecule has 2 N–H and O–H groups in total. The van der Waals surface area contributed by atoms with Gasteiger partial charge < -0.3 is 10.2 Å². The van der Waals surface area contributed by atoms with Crippen molar-refractivity contribution < 1.29 is 19.4 Å². The molecule has 104 valence electrons. The van der Waals surface area contributed by atoms with Crippen LogP contribution in [0.1, 0.15) is 10.4 Å². The zero-order valence-corrected chi connectivity index (χ0v) is 10.7. The number of aromatic carboxylic acids is 1. The van der Waals surface area contributed by atoms with Gasteiger partial charge in [-0.3, -0.25) is 0 Å². The summed E-state index contributed by atoms with van der Waals surface area (Å²) in [7, 11) is 0. The first-order chi connectivity index (χ1) is 10.1. The van der Waals surface area contributed by atoms with Crippen LogP contribution in [0.3, 0.4) is 0 Å². The van der Waals surface area contributed by atoms with Crippen LogP contribution in [0.2, 0.25) is 0 Å². The lowest BCUT2D eigenvalue weighted by Gasteiger charge is -2.08. The Bertz CT molecular complexity index is 861. The molecular weight excluding hydrogens is 273 g/mol. The number of carbonyl (C=O) groups is 1. The Hall–Kier alpha value is -2.95. The van der Waals surface area contributed by atoms with Crippen LogP contribution in [0.5, 0.6) is 5.75 Å². The standard InChI is InChI=1S/C16H10FNO3/c17-9-5-6-13-11(7-9)12(16(20)21)8-14(18-13)10-3-1-2-4-15(10)19/h1-8,19H,(H,20,21). The topological polar surface area (TPSA) is 70.4 Å². The average Bonchev–Trinajstić information content (AvgIpc) is 2.46. The Kier molecular flexibility index (Phi) is 3.02. The molecule has 0 saturated heterocycles. The lowest BCUT2D eigenvalue weighted by molar-refractivity contribution is 0.0699. The highest BCUT2D eigenvalue weighted by atomic mass is 19.1. The highest BCUT2D eigenvalue weighted by molar-refractivity contribution is 6.03. The fraction of sp³-hybridized carbons (Fsp3) is 0. The van der Waals surface area contributed by atoms with E-state index >= 15 is 0 Å². The van der Waals surface area contributed by atoms with E-state index in [1.807, 2.05) is 0 Å². The minimum absolute atomic E-state index is 0.00259. The van der Waals surface area contributed by atoms with E-state index in [2.05, 4.69) is 4.98 Å². The minimum Gasteiger partial charge on any atom is -0.507 e. The molecule has 0 spiro atoms. The summed E-state index contributed by atoms with van der Waals surface area (Å²) < 4.78 is 13.3. The predicted molar refractivity (Wildman–Crippen MR) is 75.8 cm³/mol. The Morgan fingerprint density at radius 2 is 1.86 bits per heavy atom. The number of carboxylic acid groups (broad SMARTS) is 1. The third-order valence-corrected chi connectivity index (χ3v) is 3.18. The number of rotatable bonds is 2. The second-order valence-corrected chi connectivity index (χ2v) is 4.54. The molecule has 0 aliphatic rings. The molecule has 0 amide bonds. The molecule has 0 unspecified atom stereocenters. The molecule has 1 aromatic heterocycles. The number of halogens is 1. The van der Waals surface area contributed by atoms with Crippen LogP contribution < -0.4 is 0 Å². The monoisotopic (exact) mass is 283 g/mol. The fourth-order valence-electron chi connectivity index (χ4n) is 2.20. The molecule has 1 heterocycles. The Labute approximate surface area is 119 Å². The van der Waals surface area contributed by atoms with E-state index in [-0.39, 0.29) is 16.7 Å². The molecule has 0 aliphatic carbocycles. The summed E-state index contributed by atoms with van der Waals surface area (Å²) in [5.41, 5.74) is 1.04. The van der Waals surface area contributed by atoms with Crippen LogP contribution in [-0.4, -0.2) is 21.2 Å². The van der Waals surface area contributed by atoms with E-state index in [0.29, 0.717) is 16.8 Å². The van der Waals surface area contributed by atoms with Crippen molar-refractivity contribution in [1.82, 2.24) is 4.98 Å². The summed E-state index contributed by atoms with van der Waals surface area (Å²) in [4.78, 5) is 15.7. The Balaban J connectivity index is 2.34. The number of para-hydroxylation sites is 1. The number of hydrogen-bond acceptors (Lipinski definition) is 3. The molecular formula is C16H10FNO3. The summed E-state index contributed by atoms with van der Waals surface area (Å²) in [6.07, 6.45) is 0. The van der Waals surface area contributed by atoms with Crippen molar-refractivity contribution in [2.24, 2.45) is 0 Å². The maximum atomic E-state index is 13.3. The van der Waals surface area contributed by atoms with Crippen LogP contribution in [0, 0.1) is 5.82 Å². The lowest BCUT2D eigenvalue weighted by atomic mass is 10.0. The Morgan fingerprint density at radius 3 is 2.57 bits per heavy atom. The maximum absolute atomic E-state index is 13.3. The van der Waals surface area contributed by atoms with Crippen molar-refractivity contribution in [3.8, 4) is 17.0 Å². The first-order valence-corrected chi connectivity index (χ1v) is 6.18. The summed E-state index contributed by atoms with van der Waals surface area (Å²) >= 11 is 0. The van der Waals surface area contributed by atoms with Gasteiger partial charge >= 0.3 is 5.97 Å². The van der Waals surface area contributed by atoms with E-state index in [4.69, 9.17) is 0 Å². The minimum atomic E-state index is -1.18. The number of nitrogens with zero attached hydrogens (tertiary/aromatic N) is 1. The number of aromatic hydroxyl groups is 1. The fourth-order valence-corrected chi connectivity index (χ4v) is 2.20. The SMILES string of the molecule is O=C(O)c1cc(-c2ccccc2O)nc2ccc(F)cc12. The summed E-state index contributed by atoms with van der Waals surface area (Å²) in [5.74, 6) is -1.70. The predicted octanol–water partition coefficient (Wildman–Crippen LogP) is 3.44. The molecule has 0 aliphatic heterocycles. The van der Waals surface area contributed by atoms with Gasteiger partial charge in [-0.2, -0.15) is 0 Å². The van der Waals surface area contributed by atoms with Crippen molar-refractivity contribution in [3.63, 3.8) is 0 Å². The van der Waals surface area contributed by atoms with Gasteiger partial charge in [0.25, 0.3) is 0 Å². The van der Waals surface area contributed by atoms with Crippen molar-refractivity contribution in [3.05, 3.63) is 59.9 Å². The maximum Gasteiger partial charge on any atom is 0.336 e. The number of hydrogen-bond donors (Lipinski definition) is 2. The summed E-state index contributed by atoms with van der Waals surface area (Å²) in [6.45, 7) is 0. The molecule has 0 fully saturated rings. The third kappa shape index (κ3) is 2.29. The number of carboxylic acids is 1. The van der Waals surface area contributed by atoms with Crippen LogP contribution >= 0.6 is 0 Å². The second-order valence-electron chi connectivity index (χ2n) is 4.54. The van der Waals surface area contributed by atoms with E-state index in [1.165, 1.54) is 24.3 Å². The van der Waals surface area contributed by atoms with E-state index < -0.39 is 11.8 Å². The summed E-state index contributed by atoms with van der Waals surface area (Å²) in [6, 6.07) is 11.6. The van der Waals surface area contributed by atoms with Crippen molar-refractivity contribution in [2.45, 2.75) is 0 Å². The molecule has 3 rings (SSSR count). The van der Waals surface area contributed by atoms with Crippen molar-refractivity contribution in [2.75, 3.05) is 0 Å². The molecule has 4 nitrogen and oxygen atoms in total. The molecule has 5 heteroatoms. The number of phenols is 1. The van der Waals surface area contributed by atoms with E-state index in [0.717, 1.165) is 6.07 Å². The molecule has 2 aromatic carbocycles. The van der Waals surface area contributed by atoms with Gasteiger partial charge in [-0.1, -0.05) is 12.1 Å². The number of fused-ring (bicyclic) bond motifs is 1. The normalized spacial score (nSPS) is 10.7. The van der Waals surface area contributed by atoms with Gasteiger partial charge in [0.05, 0.1) is 16.8 Å². The van der Waals surface area contributed by atoms with E-state index in [9.17, 15) is 19.4 Å². The molecule has 21 heavy (non-hydrogen) atoms. The van der Waals surface area contributed by atoms with Crippen LogP contribution in [0.4, 0.5) is 4.39 Å². The first kappa shape index (κ1) is 13.1. The second kappa shape index (κ2) is 4.86. The Morgan fingerprint density at radius 1 is 1.10 bits per heavy atom. The molecule has 3 aromatic rings. The van der Waals surface area contributed by atoms with Gasteiger partial charge in [-0.15, -0.1) is 0 Å². The first-order valence-electron chi connectivity index (χ1n) is 6.18. The lowest BCUT2D eigenvalue weighted by Crippen LogP contribution is -2.00. The largest absolute Gasteiger partial charge is 0.507 e. The van der Waals surface area contributed by atoms with Gasteiger partial charge in [0, 0.05) is 10.9 Å². The van der Waals surface area contributed by atoms with Gasteiger partial charge in [-0.25, -0.2) is 14.2 Å². The molecule has 0 bridgehead atoms. The number of benzene rings is 2. The van der Waals surface area contributed by atoms with Crippen LogP contribution in [-0.2, 0) is 0 Å². The van der Waals surface area contributed by atoms with Crippen LogP contribution in [0.25, 0.3) is 22.2 Å². The summed E-state index contributed by atoms with van der Waals surface area (Å²) in [5, 5.41) is 19.4. The highest BCUT2D eigenvalue weighted by Gasteiger charge is 2.15. The third-order valence-electron chi connectivity index (χ3n) is 3.18. The smallest absolute Gasteiger partial charge is 0.336 e. The zero-order valence-electron chi connectivity index (χ0n) is 10.7. The number of aromatic nitrogens is 1. The average molecular weight is 283 g/mol. The van der Waals surface area contributed by atoms with Crippen molar-refractivity contribution >= 4 is 16.9 Å². The number of phenolic OH excluding ortho intramolecular Hbond substituents is 1. The van der Waals surface area contributed by atoms with Gasteiger partial charge in [-0.05, 0) is 36.4 Å². The highest BCUT2D eigenvalue weighted by Crippen LogP contribution is 2.30. The molecule has 0 saturated carbocycles. The van der Waals surface area contributed by atoms with Crippen LogP contribution in [0.15, 0.2) is 48.5 Å². The van der Waals surface area contributed by atoms with Gasteiger partial charge in [0.2, 0.25) is 0 Å². The van der Waals surface area contributed by atoms with E-state index in [1.54, 1.807) is 18.2 Å².